The molecule has 0 fully saturated rings. The summed E-state index contributed by atoms with van der Waals surface area (Å²) >= 11 is 2.10. The van der Waals surface area contributed by atoms with Crippen molar-refractivity contribution < 1.29 is 21.4 Å². The van der Waals surface area contributed by atoms with E-state index < -0.39 is 0 Å². The van der Waals surface area contributed by atoms with E-state index in [0.29, 0.717) is 6.61 Å². The Labute approximate surface area is 64.4 Å². The van der Waals surface area contributed by atoms with Gasteiger partial charge < -0.3 is 0 Å². The first-order valence-corrected chi connectivity index (χ1v) is 3.31. The topological polar surface area (TPSA) is 9.23 Å². The maximum atomic E-state index is 4.87. The van der Waals surface area contributed by atoms with E-state index in [1.165, 1.54) is 5.56 Å². The van der Waals surface area contributed by atoms with Crippen LogP contribution >= 0.6 is 0 Å². The Kier molecular flexibility index (Phi) is 2.85. The minimum absolute atomic E-state index is 0.681. The Balaban J connectivity index is 2.61. The summed E-state index contributed by atoms with van der Waals surface area (Å²) in [5.74, 6) is 0. The monoisotopic (exact) mass is 158 g/mol. The summed E-state index contributed by atoms with van der Waals surface area (Å²) in [6.07, 6.45) is 0. The molecule has 0 atom stereocenters. The second kappa shape index (κ2) is 3.73. The van der Waals surface area contributed by atoms with Gasteiger partial charge in [0.1, 0.15) is 0 Å². The fourth-order valence-corrected chi connectivity index (χ4v) is 0.882. The molecule has 0 aromatic heterocycles. The quantitative estimate of drug-likeness (QED) is 0.636. The zero-order valence-electron chi connectivity index (χ0n) is 4.95. The maximum absolute atomic E-state index is 4.87. The Morgan fingerprint density at radius 1 is 1.22 bits per heavy atom. The van der Waals surface area contributed by atoms with Gasteiger partial charge in [0.2, 0.25) is 0 Å². The molecule has 0 unspecified atom stereocenters. The van der Waals surface area contributed by atoms with E-state index in [0.717, 1.165) is 0 Å². The third-order valence-corrected chi connectivity index (χ3v) is 1.28. The van der Waals surface area contributed by atoms with E-state index in [9.17, 15) is 0 Å². The van der Waals surface area contributed by atoms with E-state index in [1.807, 2.05) is 30.3 Å². The van der Waals surface area contributed by atoms with Gasteiger partial charge in [0.15, 0.2) is 0 Å². The Bertz CT molecular complexity index is 162. The predicted molar refractivity (Wildman–Crippen MR) is 31.2 cm³/mol. The molecule has 0 aliphatic rings. The van der Waals surface area contributed by atoms with Crippen molar-refractivity contribution in [3.05, 3.63) is 35.9 Å². The van der Waals surface area contributed by atoms with Crippen molar-refractivity contribution in [2.24, 2.45) is 0 Å². The normalized spacial score (nSPS) is 9.33. The number of benzene rings is 1. The molecule has 9 heavy (non-hydrogen) atoms. The van der Waals surface area contributed by atoms with Gasteiger partial charge in [-0.15, -0.1) is 0 Å². The zero-order valence-corrected chi connectivity index (χ0v) is 6.35. The van der Waals surface area contributed by atoms with Crippen LogP contribution in [0.1, 0.15) is 5.56 Å². The van der Waals surface area contributed by atoms with Crippen LogP contribution in [0.5, 0.6) is 0 Å². The molecule has 0 N–H and O–H groups in total. The van der Waals surface area contributed by atoms with Gasteiger partial charge in [0.25, 0.3) is 0 Å². The van der Waals surface area contributed by atoms with Crippen molar-refractivity contribution in [3.63, 3.8) is 0 Å². The van der Waals surface area contributed by atoms with Crippen LogP contribution in [0.4, 0.5) is 0 Å². The van der Waals surface area contributed by atoms with E-state index >= 15 is 0 Å². The van der Waals surface area contributed by atoms with Crippen molar-refractivity contribution in [1.82, 2.24) is 0 Å². The summed E-state index contributed by atoms with van der Waals surface area (Å²) in [6, 6.07) is 10.1. The van der Waals surface area contributed by atoms with Crippen LogP contribution in [0, 0.1) is 0 Å². The SMILES string of the molecule is [V][O]Cc1ccccc1. The van der Waals surface area contributed by atoms with E-state index in [1.54, 1.807) is 0 Å². The van der Waals surface area contributed by atoms with Gasteiger partial charge in [0.05, 0.1) is 0 Å². The van der Waals surface area contributed by atoms with Crippen LogP contribution < -0.4 is 0 Å². The third-order valence-electron chi connectivity index (χ3n) is 1.07. The fourth-order valence-electron chi connectivity index (χ4n) is 0.649. The molecule has 0 aliphatic heterocycles. The second-order valence-electron chi connectivity index (χ2n) is 1.76. The van der Waals surface area contributed by atoms with Gasteiger partial charge in [-0.3, -0.25) is 0 Å². The summed E-state index contributed by atoms with van der Waals surface area (Å²) in [5, 5.41) is 0. The molecule has 0 saturated heterocycles. The summed E-state index contributed by atoms with van der Waals surface area (Å²) in [7, 11) is 0. The van der Waals surface area contributed by atoms with Gasteiger partial charge in [-0.25, -0.2) is 0 Å². The van der Waals surface area contributed by atoms with Crippen LogP contribution in [-0.4, -0.2) is 0 Å². The van der Waals surface area contributed by atoms with Gasteiger partial charge in [0, 0.05) is 0 Å². The predicted octanol–water partition coefficient (Wildman–Crippen LogP) is 1.67. The molecule has 0 bridgehead atoms. The Hall–Kier alpha value is -0.236. The molecule has 46 valence electrons. The van der Waals surface area contributed by atoms with Crippen LogP contribution in [0.2, 0.25) is 0 Å². The van der Waals surface area contributed by atoms with Crippen molar-refractivity contribution in [1.29, 1.82) is 0 Å². The van der Waals surface area contributed by atoms with Crippen LogP contribution in [0.3, 0.4) is 0 Å². The van der Waals surface area contributed by atoms with Crippen LogP contribution in [0.25, 0.3) is 0 Å². The number of rotatable bonds is 2. The standard InChI is InChI=1S/C7H7O.V/c8-6-7-4-2-1-3-5-7;/h1-5H,6H2;/q-1;+1. The first-order chi connectivity index (χ1) is 4.43. The van der Waals surface area contributed by atoms with Crippen molar-refractivity contribution in [2.45, 2.75) is 6.61 Å². The van der Waals surface area contributed by atoms with Crippen LogP contribution in [-0.2, 0) is 28.0 Å². The number of hydrogen-bond donors (Lipinski definition) is 0. The van der Waals surface area contributed by atoms with Gasteiger partial charge in [-0.2, -0.15) is 0 Å². The molecule has 1 aromatic rings. The molecule has 0 amide bonds. The average molecular weight is 158 g/mol. The molecule has 0 heterocycles. The van der Waals surface area contributed by atoms with Crippen molar-refractivity contribution in [2.75, 3.05) is 0 Å². The summed E-state index contributed by atoms with van der Waals surface area (Å²) < 4.78 is 4.87. The third kappa shape index (κ3) is 2.23. The molecule has 1 aromatic carbocycles. The molecule has 1 nitrogen and oxygen atoms in total. The summed E-state index contributed by atoms with van der Waals surface area (Å²) in [6.45, 7) is 0.681. The first-order valence-electron chi connectivity index (χ1n) is 2.74. The molecular formula is C7H7OV. The molecular weight excluding hydrogens is 151 g/mol. The average Bonchev–Trinajstić information content (AvgIpc) is 1.91. The first kappa shape index (κ1) is 6.88. The minimum atomic E-state index is 0.681. The van der Waals surface area contributed by atoms with Gasteiger partial charge in [-0.05, 0) is 0 Å². The molecule has 2 heteroatoms. The van der Waals surface area contributed by atoms with Gasteiger partial charge >= 0.3 is 63.9 Å². The Morgan fingerprint density at radius 2 is 1.89 bits per heavy atom. The van der Waals surface area contributed by atoms with Crippen molar-refractivity contribution in [3.8, 4) is 0 Å². The Morgan fingerprint density at radius 3 is 2.44 bits per heavy atom. The van der Waals surface area contributed by atoms with E-state index in [2.05, 4.69) is 17.8 Å². The summed E-state index contributed by atoms with van der Waals surface area (Å²) in [5.41, 5.74) is 1.21. The van der Waals surface area contributed by atoms with E-state index in [4.69, 9.17) is 3.66 Å². The summed E-state index contributed by atoms with van der Waals surface area (Å²) in [4.78, 5) is 0. The molecule has 0 radical (unpaired) electrons. The second-order valence-corrected chi connectivity index (χ2v) is 2.16. The van der Waals surface area contributed by atoms with Gasteiger partial charge in [-0.1, -0.05) is 0 Å². The fraction of sp³-hybridized carbons (Fsp3) is 0.143. The molecule has 1 rings (SSSR count). The van der Waals surface area contributed by atoms with E-state index in [-0.39, 0.29) is 0 Å². The zero-order chi connectivity index (χ0) is 6.53. The molecule has 0 spiro atoms. The van der Waals surface area contributed by atoms with Crippen LogP contribution in [0.15, 0.2) is 30.3 Å². The number of hydrogen-bond acceptors (Lipinski definition) is 1. The van der Waals surface area contributed by atoms with Crippen molar-refractivity contribution >= 4 is 0 Å². The molecule has 0 saturated carbocycles. The molecule has 0 aliphatic carbocycles.